The molecule has 0 aliphatic heterocycles. The van der Waals surface area contributed by atoms with Gasteiger partial charge in [0.2, 0.25) is 0 Å². The molecule has 6 heteroatoms. The Hall–Kier alpha value is -2.91. The Morgan fingerprint density at radius 2 is 2.14 bits per heavy atom. The molecule has 3 N–H and O–H groups in total. The van der Waals surface area contributed by atoms with Crippen molar-refractivity contribution in [2.24, 2.45) is 0 Å². The predicted molar refractivity (Wildman–Crippen MR) is 74.2 cm³/mol. The zero-order valence-electron chi connectivity index (χ0n) is 10.8. The third-order valence-corrected chi connectivity index (χ3v) is 2.52. The minimum absolute atomic E-state index is 0.137. The lowest BCUT2D eigenvalue weighted by Gasteiger charge is -2.07. The summed E-state index contributed by atoms with van der Waals surface area (Å²) in [5.74, 6) is 3.78. The van der Waals surface area contributed by atoms with E-state index in [2.05, 4.69) is 22.1 Å². The van der Waals surface area contributed by atoms with Gasteiger partial charge in [0.05, 0.1) is 23.0 Å². The van der Waals surface area contributed by atoms with Gasteiger partial charge in [-0.3, -0.25) is 9.78 Å². The summed E-state index contributed by atoms with van der Waals surface area (Å²) in [5, 5.41) is 20.5. The molecule has 1 aromatic heterocycles. The first-order chi connectivity index (χ1) is 10.1. The van der Waals surface area contributed by atoms with Crippen LogP contribution in [0.5, 0.6) is 5.75 Å². The van der Waals surface area contributed by atoms with Gasteiger partial charge < -0.3 is 15.5 Å². The molecule has 2 rings (SSSR count). The predicted octanol–water partition coefficient (Wildman–Crippen LogP) is 1.52. The Balaban J connectivity index is 2.29. The second-order valence-electron chi connectivity index (χ2n) is 4.04. The molecule has 0 spiro atoms. The first-order valence-corrected chi connectivity index (χ1v) is 5.95. The lowest BCUT2D eigenvalue weighted by atomic mass is 10.1. The number of benzene rings is 1. The fourth-order valence-electron chi connectivity index (χ4n) is 1.61. The van der Waals surface area contributed by atoms with E-state index in [1.54, 1.807) is 0 Å². The minimum Gasteiger partial charge on any atom is -0.506 e. The Morgan fingerprint density at radius 3 is 2.86 bits per heavy atom. The molecule has 21 heavy (non-hydrogen) atoms. The van der Waals surface area contributed by atoms with Gasteiger partial charge in [0.25, 0.3) is 5.91 Å². The molecule has 0 bridgehead atoms. The highest BCUT2D eigenvalue weighted by Gasteiger charge is 2.10. The summed E-state index contributed by atoms with van der Waals surface area (Å²) in [6, 6.07) is 4.95. The van der Waals surface area contributed by atoms with E-state index in [0.29, 0.717) is 5.69 Å². The van der Waals surface area contributed by atoms with Crippen LogP contribution in [0.4, 0.5) is 10.1 Å². The highest BCUT2D eigenvalue weighted by Crippen LogP contribution is 2.18. The molecule has 0 saturated heterocycles. The summed E-state index contributed by atoms with van der Waals surface area (Å²) in [5.41, 5.74) is 0.691. The number of hydrogen-bond acceptors (Lipinski definition) is 4. The van der Waals surface area contributed by atoms with Gasteiger partial charge in [-0.05, 0) is 24.3 Å². The summed E-state index contributed by atoms with van der Waals surface area (Å²) in [6.45, 7) is -0.375. The van der Waals surface area contributed by atoms with Gasteiger partial charge in [-0.1, -0.05) is 11.8 Å². The maximum absolute atomic E-state index is 13.2. The number of nitrogens with one attached hydrogen (secondary N) is 1. The van der Waals surface area contributed by atoms with Crippen molar-refractivity contribution in [2.75, 3.05) is 11.9 Å². The van der Waals surface area contributed by atoms with Crippen LogP contribution in [0, 0.1) is 17.7 Å². The van der Waals surface area contributed by atoms with Crippen molar-refractivity contribution in [3.05, 3.63) is 53.6 Å². The van der Waals surface area contributed by atoms with Crippen LogP contribution in [0.2, 0.25) is 0 Å². The summed E-state index contributed by atoms with van der Waals surface area (Å²) in [6.07, 6.45) is 2.49. The van der Waals surface area contributed by atoms with E-state index in [4.69, 9.17) is 5.11 Å². The SMILES string of the molecule is O=C(Nc1ccc(F)cc1C#CCO)c1cncc(O)c1. The number of pyridine rings is 1. The zero-order valence-corrected chi connectivity index (χ0v) is 10.8. The van der Waals surface area contributed by atoms with Crippen LogP contribution in [0.1, 0.15) is 15.9 Å². The first kappa shape index (κ1) is 14.5. The van der Waals surface area contributed by atoms with Gasteiger partial charge in [-0.2, -0.15) is 0 Å². The number of nitrogens with zero attached hydrogens (tertiary/aromatic N) is 1. The molecule has 106 valence electrons. The van der Waals surface area contributed by atoms with Gasteiger partial charge in [0, 0.05) is 6.20 Å². The standard InChI is InChI=1S/C15H11FN2O3/c16-12-3-4-14(10(6-12)2-1-5-19)18-15(21)11-7-13(20)9-17-8-11/h3-4,6-9,19-20H,5H2,(H,18,21). The van der Waals surface area contributed by atoms with Gasteiger partial charge in [-0.25, -0.2) is 4.39 Å². The number of aromatic nitrogens is 1. The number of halogens is 1. The van der Waals surface area contributed by atoms with Gasteiger partial charge >= 0.3 is 0 Å². The molecule has 0 fully saturated rings. The van der Waals surface area contributed by atoms with Gasteiger partial charge in [-0.15, -0.1) is 0 Å². The third-order valence-electron chi connectivity index (χ3n) is 2.52. The normalized spacial score (nSPS) is 9.62. The number of carbonyl (C=O) groups is 1. The molecule has 0 aliphatic carbocycles. The van der Waals surface area contributed by atoms with Crippen molar-refractivity contribution in [2.45, 2.75) is 0 Å². The average Bonchev–Trinajstić information content (AvgIpc) is 2.47. The van der Waals surface area contributed by atoms with Crippen molar-refractivity contribution in [3.63, 3.8) is 0 Å². The summed E-state index contributed by atoms with van der Waals surface area (Å²) in [7, 11) is 0. The summed E-state index contributed by atoms with van der Waals surface area (Å²) < 4.78 is 13.2. The van der Waals surface area contributed by atoms with E-state index >= 15 is 0 Å². The van der Waals surface area contributed by atoms with E-state index in [-0.39, 0.29) is 23.5 Å². The van der Waals surface area contributed by atoms with E-state index < -0.39 is 11.7 Å². The van der Waals surface area contributed by atoms with Gasteiger partial charge in [0.15, 0.2) is 0 Å². The number of hydrogen-bond donors (Lipinski definition) is 3. The molecule has 0 radical (unpaired) electrons. The molecule has 1 amide bonds. The Labute approximate surface area is 120 Å². The number of amides is 1. The molecule has 1 heterocycles. The van der Waals surface area contributed by atoms with Crippen LogP contribution in [0.25, 0.3) is 0 Å². The van der Waals surface area contributed by atoms with Crippen molar-refractivity contribution in [1.82, 2.24) is 4.98 Å². The van der Waals surface area contributed by atoms with Crippen molar-refractivity contribution < 1.29 is 19.4 Å². The van der Waals surface area contributed by atoms with Crippen LogP contribution in [0.15, 0.2) is 36.7 Å². The number of aromatic hydroxyl groups is 1. The van der Waals surface area contributed by atoms with Gasteiger partial charge in [0.1, 0.15) is 18.2 Å². The topological polar surface area (TPSA) is 82.5 Å². The van der Waals surface area contributed by atoms with Crippen molar-refractivity contribution >= 4 is 11.6 Å². The number of carbonyl (C=O) groups excluding carboxylic acids is 1. The molecular weight excluding hydrogens is 275 g/mol. The monoisotopic (exact) mass is 286 g/mol. The number of aliphatic hydroxyl groups is 1. The van der Waals surface area contributed by atoms with E-state index in [9.17, 15) is 14.3 Å². The minimum atomic E-state index is -0.517. The van der Waals surface area contributed by atoms with E-state index in [0.717, 1.165) is 6.07 Å². The number of rotatable bonds is 2. The Bertz CT molecular complexity index is 735. The number of anilines is 1. The fraction of sp³-hybridized carbons (Fsp3) is 0.0667. The smallest absolute Gasteiger partial charge is 0.257 e. The molecule has 5 nitrogen and oxygen atoms in total. The molecular formula is C15H11FN2O3. The van der Waals surface area contributed by atoms with Crippen LogP contribution >= 0.6 is 0 Å². The third kappa shape index (κ3) is 3.78. The fourth-order valence-corrected chi connectivity index (χ4v) is 1.61. The summed E-state index contributed by atoms with van der Waals surface area (Å²) in [4.78, 5) is 15.7. The largest absolute Gasteiger partial charge is 0.506 e. The Morgan fingerprint density at radius 1 is 1.33 bits per heavy atom. The molecule has 1 aromatic carbocycles. The van der Waals surface area contributed by atoms with Crippen LogP contribution in [-0.4, -0.2) is 27.7 Å². The zero-order chi connectivity index (χ0) is 15.2. The highest BCUT2D eigenvalue weighted by molar-refractivity contribution is 6.04. The van der Waals surface area contributed by atoms with Crippen molar-refractivity contribution in [1.29, 1.82) is 0 Å². The lowest BCUT2D eigenvalue weighted by Crippen LogP contribution is -2.13. The van der Waals surface area contributed by atoms with Crippen LogP contribution in [0.3, 0.4) is 0 Å². The molecule has 0 unspecified atom stereocenters. The lowest BCUT2D eigenvalue weighted by molar-refractivity contribution is 0.102. The second kappa shape index (κ2) is 6.50. The molecule has 2 aromatic rings. The second-order valence-corrected chi connectivity index (χ2v) is 4.04. The average molecular weight is 286 g/mol. The maximum Gasteiger partial charge on any atom is 0.257 e. The number of aliphatic hydroxyl groups excluding tert-OH is 1. The summed E-state index contributed by atoms with van der Waals surface area (Å²) >= 11 is 0. The van der Waals surface area contributed by atoms with Crippen LogP contribution in [-0.2, 0) is 0 Å². The van der Waals surface area contributed by atoms with Crippen LogP contribution < -0.4 is 5.32 Å². The molecule has 0 atom stereocenters. The highest BCUT2D eigenvalue weighted by atomic mass is 19.1. The van der Waals surface area contributed by atoms with E-state index in [1.165, 1.54) is 30.6 Å². The van der Waals surface area contributed by atoms with Crippen molar-refractivity contribution in [3.8, 4) is 17.6 Å². The quantitative estimate of drug-likeness (QED) is 0.731. The van der Waals surface area contributed by atoms with E-state index in [1.807, 2.05) is 0 Å². The molecule has 0 saturated carbocycles. The maximum atomic E-state index is 13.2. The first-order valence-electron chi connectivity index (χ1n) is 5.95. The molecule has 0 aliphatic rings. The Kier molecular flexibility index (Phi) is 4.49.